The van der Waals surface area contributed by atoms with E-state index < -0.39 is 12.0 Å². The van der Waals surface area contributed by atoms with Crippen molar-refractivity contribution < 1.29 is 14.7 Å². The van der Waals surface area contributed by atoms with E-state index in [-0.39, 0.29) is 17.8 Å². The Kier molecular flexibility index (Phi) is 4.30. The standard InChI is InChI=1S/C13H12N4O4/c18-11-6-5-10(16-17-11)15-13(21)14-9-3-1-8(2-4-9)7-12(19)20/h1-6H,7H2,(H,17,18)(H,19,20)(H2,14,15,16,21). The number of hydrogen-bond acceptors (Lipinski definition) is 4. The average molecular weight is 288 g/mol. The summed E-state index contributed by atoms with van der Waals surface area (Å²) in [6.07, 6.45) is -0.0756. The molecular formula is C13H12N4O4. The molecule has 4 N–H and O–H groups in total. The SMILES string of the molecule is O=C(O)Cc1ccc(NC(=O)Nc2ccc(=O)[nH]n2)cc1. The van der Waals surface area contributed by atoms with Crippen LogP contribution in [0.3, 0.4) is 0 Å². The number of carboxylic acids is 1. The molecular weight excluding hydrogens is 276 g/mol. The maximum atomic E-state index is 11.7. The van der Waals surface area contributed by atoms with Gasteiger partial charge in [0, 0.05) is 11.8 Å². The molecule has 8 nitrogen and oxygen atoms in total. The Morgan fingerprint density at radius 3 is 2.38 bits per heavy atom. The van der Waals surface area contributed by atoms with E-state index in [4.69, 9.17) is 5.11 Å². The number of amides is 2. The Hall–Kier alpha value is -3.16. The first-order chi connectivity index (χ1) is 10.0. The van der Waals surface area contributed by atoms with Crippen molar-refractivity contribution >= 4 is 23.5 Å². The zero-order valence-electron chi connectivity index (χ0n) is 10.8. The van der Waals surface area contributed by atoms with Crippen molar-refractivity contribution in [2.75, 3.05) is 10.6 Å². The van der Waals surface area contributed by atoms with E-state index in [0.29, 0.717) is 11.3 Å². The van der Waals surface area contributed by atoms with Gasteiger partial charge in [0.1, 0.15) is 0 Å². The average Bonchev–Trinajstić information content (AvgIpc) is 2.43. The predicted molar refractivity (Wildman–Crippen MR) is 75.3 cm³/mol. The fourth-order valence-electron chi connectivity index (χ4n) is 1.57. The van der Waals surface area contributed by atoms with Crippen molar-refractivity contribution in [1.29, 1.82) is 0 Å². The summed E-state index contributed by atoms with van der Waals surface area (Å²) in [6, 6.07) is 8.50. The van der Waals surface area contributed by atoms with Crippen LogP contribution in [0.4, 0.5) is 16.3 Å². The first-order valence-corrected chi connectivity index (χ1v) is 5.97. The molecule has 0 aliphatic carbocycles. The number of hydrogen-bond donors (Lipinski definition) is 4. The lowest BCUT2D eigenvalue weighted by molar-refractivity contribution is -0.136. The second kappa shape index (κ2) is 6.33. The number of H-pyrrole nitrogens is 1. The summed E-state index contributed by atoms with van der Waals surface area (Å²) in [4.78, 5) is 33.0. The summed E-state index contributed by atoms with van der Waals surface area (Å²) in [6.45, 7) is 0. The highest BCUT2D eigenvalue weighted by atomic mass is 16.4. The van der Waals surface area contributed by atoms with E-state index in [2.05, 4.69) is 20.8 Å². The molecule has 8 heteroatoms. The van der Waals surface area contributed by atoms with Gasteiger partial charge >= 0.3 is 12.0 Å². The minimum Gasteiger partial charge on any atom is -0.481 e. The van der Waals surface area contributed by atoms with Gasteiger partial charge in [-0.25, -0.2) is 9.89 Å². The summed E-state index contributed by atoms with van der Waals surface area (Å²) in [7, 11) is 0. The zero-order valence-corrected chi connectivity index (χ0v) is 10.8. The van der Waals surface area contributed by atoms with Gasteiger partial charge < -0.3 is 10.4 Å². The maximum Gasteiger partial charge on any atom is 0.324 e. The number of rotatable bonds is 4. The number of urea groups is 1. The molecule has 0 bridgehead atoms. The summed E-state index contributed by atoms with van der Waals surface area (Å²) >= 11 is 0. The number of carboxylic acid groups (broad SMARTS) is 1. The highest BCUT2D eigenvalue weighted by molar-refractivity contribution is 5.99. The van der Waals surface area contributed by atoms with Crippen LogP contribution >= 0.6 is 0 Å². The number of aromatic nitrogens is 2. The van der Waals surface area contributed by atoms with Gasteiger partial charge in [0.15, 0.2) is 5.82 Å². The number of nitrogens with zero attached hydrogens (tertiary/aromatic N) is 1. The molecule has 0 atom stereocenters. The summed E-state index contributed by atoms with van der Waals surface area (Å²) in [5.41, 5.74) is 0.775. The third kappa shape index (κ3) is 4.46. The van der Waals surface area contributed by atoms with Crippen LogP contribution in [0.15, 0.2) is 41.2 Å². The molecule has 0 aliphatic rings. The number of carbonyl (C=O) groups is 2. The topological polar surface area (TPSA) is 124 Å². The van der Waals surface area contributed by atoms with Gasteiger partial charge in [-0.05, 0) is 23.8 Å². The van der Waals surface area contributed by atoms with Gasteiger partial charge in [0.05, 0.1) is 6.42 Å². The van der Waals surface area contributed by atoms with E-state index in [9.17, 15) is 14.4 Å². The van der Waals surface area contributed by atoms with Crippen molar-refractivity contribution in [2.45, 2.75) is 6.42 Å². The molecule has 2 rings (SSSR count). The van der Waals surface area contributed by atoms with Crippen LogP contribution in [0, 0.1) is 0 Å². The molecule has 0 radical (unpaired) electrons. The van der Waals surface area contributed by atoms with Crippen molar-refractivity contribution in [1.82, 2.24) is 10.2 Å². The first kappa shape index (κ1) is 14.3. The van der Waals surface area contributed by atoms with Crippen LogP contribution in [-0.4, -0.2) is 27.3 Å². The fraction of sp³-hybridized carbons (Fsp3) is 0.0769. The molecule has 0 spiro atoms. The lowest BCUT2D eigenvalue weighted by Crippen LogP contribution is -2.21. The fourth-order valence-corrected chi connectivity index (χ4v) is 1.57. The second-order valence-corrected chi connectivity index (χ2v) is 4.15. The van der Waals surface area contributed by atoms with Crippen molar-refractivity contribution in [2.24, 2.45) is 0 Å². The Morgan fingerprint density at radius 1 is 1.10 bits per heavy atom. The Bertz CT molecular complexity index is 688. The molecule has 0 fully saturated rings. The van der Waals surface area contributed by atoms with E-state index in [1.54, 1.807) is 24.3 Å². The number of aromatic amines is 1. The molecule has 108 valence electrons. The van der Waals surface area contributed by atoms with Crippen molar-refractivity contribution in [3.8, 4) is 0 Å². The predicted octanol–water partition coefficient (Wildman–Crippen LogP) is 1.04. The summed E-state index contributed by atoms with van der Waals surface area (Å²) in [5.74, 6) is -0.716. The highest BCUT2D eigenvalue weighted by Crippen LogP contribution is 2.10. The smallest absolute Gasteiger partial charge is 0.324 e. The molecule has 2 amide bonds. The molecule has 0 aliphatic heterocycles. The van der Waals surface area contributed by atoms with Gasteiger partial charge in [0.25, 0.3) is 5.56 Å². The highest BCUT2D eigenvalue weighted by Gasteiger charge is 2.05. The first-order valence-electron chi connectivity index (χ1n) is 5.97. The van der Waals surface area contributed by atoms with Crippen LogP contribution in [0.1, 0.15) is 5.56 Å². The molecule has 0 saturated heterocycles. The van der Waals surface area contributed by atoms with E-state index in [0.717, 1.165) is 0 Å². The van der Waals surface area contributed by atoms with Gasteiger partial charge in [0.2, 0.25) is 0 Å². The normalized spacial score (nSPS) is 9.90. The van der Waals surface area contributed by atoms with Crippen LogP contribution in [-0.2, 0) is 11.2 Å². The minimum atomic E-state index is -0.919. The second-order valence-electron chi connectivity index (χ2n) is 4.15. The van der Waals surface area contributed by atoms with Crippen LogP contribution in [0.5, 0.6) is 0 Å². The molecule has 0 unspecified atom stereocenters. The Balaban J connectivity index is 1.94. The maximum absolute atomic E-state index is 11.7. The van der Waals surface area contributed by atoms with E-state index >= 15 is 0 Å². The molecule has 1 aromatic carbocycles. The Labute approximate surface area is 118 Å². The van der Waals surface area contributed by atoms with Gasteiger partial charge in [-0.15, -0.1) is 0 Å². The number of anilines is 2. The largest absolute Gasteiger partial charge is 0.481 e. The third-order valence-electron chi connectivity index (χ3n) is 2.49. The molecule has 0 saturated carbocycles. The number of benzene rings is 1. The van der Waals surface area contributed by atoms with Crippen molar-refractivity contribution in [3.05, 3.63) is 52.3 Å². The van der Waals surface area contributed by atoms with Gasteiger partial charge in [-0.2, -0.15) is 5.10 Å². The lowest BCUT2D eigenvalue weighted by Gasteiger charge is -2.07. The minimum absolute atomic E-state index is 0.0756. The quantitative estimate of drug-likeness (QED) is 0.669. The third-order valence-corrected chi connectivity index (χ3v) is 2.49. The van der Waals surface area contributed by atoms with Gasteiger partial charge in [-0.3, -0.25) is 14.9 Å². The van der Waals surface area contributed by atoms with E-state index in [1.165, 1.54) is 12.1 Å². The lowest BCUT2D eigenvalue weighted by atomic mass is 10.1. The zero-order chi connectivity index (χ0) is 15.2. The summed E-state index contributed by atoms with van der Waals surface area (Å²) in [5, 5.41) is 19.5. The molecule has 2 aromatic rings. The van der Waals surface area contributed by atoms with Gasteiger partial charge in [-0.1, -0.05) is 12.1 Å². The molecule has 21 heavy (non-hydrogen) atoms. The molecule has 1 aromatic heterocycles. The monoisotopic (exact) mass is 288 g/mol. The van der Waals surface area contributed by atoms with Crippen LogP contribution in [0.25, 0.3) is 0 Å². The Morgan fingerprint density at radius 2 is 1.81 bits per heavy atom. The van der Waals surface area contributed by atoms with Crippen LogP contribution < -0.4 is 16.2 Å². The number of nitrogens with one attached hydrogen (secondary N) is 3. The number of carbonyl (C=O) groups excluding carboxylic acids is 1. The van der Waals surface area contributed by atoms with E-state index in [1.807, 2.05) is 0 Å². The summed E-state index contributed by atoms with van der Waals surface area (Å²) < 4.78 is 0. The number of aliphatic carboxylic acids is 1. The van der Waals surface area contributed by atoms with Crippen LogP contribution in [0.2, 0.25) is 0 Å². The van der Waals surface area contributed by atoms with Crippen molar-refractivity contribution in [3.63, 3.8) is 0 Å². The molecule has 1 heterocycles.